The maximum absolute atomic E-state index is 14.3. The van der Waals surface area contributed by atoms with E-state index < -0.39 is 36.4 Å². The number of nitrogens with one attached hydrogen (secondary N) is 2. The van der Waals surface area contributed by atoms with Gasteiger partial charge in [-0.05, 0) is 133 Å². The molecule has 2 saturated carbocycles. The number of fused-ring (bicyclic) bond motifs is 1. The van der Waals surface area contributed by atoms with Gasteiger partial charge in [-0.25, -0.2) is 14.0 Å². The van der Waals surface area contributed by atoms with Gasteiger partial charge in [0, 0.05) is 37.3 Å². The monoisotopic (exact) mass is 741 g/mol. The van der Waals surface area contributed by atoms with E-state index in [-0.39, 0.29) is 60.1 Å². The van der Waals surface area contributed by atoms with Crippen LogP contribution in [0.1, 0.15) is 102 Å². The number of alkyl halides is 1. The van der Waals surface area contributed by atoms with Gasteiger partial charge in [-0.2, -0.15) is 0 Å². The van der Waals surface area contributed by atoms with Gasteiger partial charge in [0.15, 0.2) is 0 Å². The van der Waals surface area contributed by atoms with Crippen molar-refractivity contribution in [3.63, 3.8) is 0 Å². The number of benzene rings is 1. The molecule has 0 bridgehead atoms. The SMILES string of the molecule is COC1CCC([C@@H]2CCN(C(=O)C3CCC([C@@H](CF)NC(=O)OC(C)(C)C)CC3)[C@H]2C(=O)Nc2ccc3oc(C(=O)OCC4CCCO4)cc3c2)CC1. The number of halogens is 1. The molecular weight excluding hydrogens is 685 g/mol. The number of carbonyl (C=O) groups excluding carboxylic acids is 4. The van der Waals surface area contributed by atoms with Crippen LogP contribution < -0.4 is 10.6 Å². The Morgan fingerprint density at radius 1 is 0.981 bits per heavy atom. The van der Waals surface area contributed by atoms with Crippen LogP contribution in [0.3, 0.4) is 0 Å². The average molecular weight is 742 g/mol. The highest BCUT2D eigenvalue weighted by molar-refractivity contribution is 6.00. The number of carbonyl (C=O) groups is 4. The molecule has 2 aliphatic heterocycles. The molecule has 2 N–H and O–H groups in total. The Bertz CT molecular complexity index is 1590. The van der Waals surface area contributed by atoms with Gasteiger partial charge in [-0.3, -0.25) is 9.59 Å². The van der Waals surface area contributed by atoms with E-state index in [1.54, 1.807) is 57.0 Å². The lowest BCUT2D eigenvalue weighted by Crippen LogP contribution is -2.50. The Morgan fingerprint density at radius 3 is 2.40 bits per heavy atom. The Hall–Kier alpha value is -3.71. The highest BCUT2D eigenvalue weighted by Gasteiger charge is 2.47. The normalized spacial score (nSPS) is 28.4. The minimum Gasteiger partial charge on any atom is -0.457 e. The largest absolute Gasteiger partial charge is 0.457 e. The van der Waals surface area contributed by atoms with Crippen LogP contribution in [0.5, 0.6) is 0 Å². The smallest absolute Gasteiger partial charge is 0.407 e. The fourth-order valence-electron chi connectivity index (χ4n) is 8.84. The summed E-state index contributed by atoms with van der Waals surface area (Å²) in [5, 5.41) is 6.43. The molecule has 1 unspecified atom stereocenters. The van der Waals surface area contributed by atoms with Crippen molar-refractivity contribution in [2.24, 2.45) is 23.7 Å². The molecule has 3 heterocycles. The summed E-state index contributed by atoms with van der Waals surface area (Å²) in [5.41, 5.74) is 0.341. The Kier molecular flexibility index (Phi) is 12.6. The second kappa shape index (κ2) is 17.2. The van der Waals surface area contributed by atoms with Crippen molar-refractivity contribution in [1.29, 1.82) is 0 Å². The maximum atomic E-state index is 14.3. The lowest BCUT2D eigenvalue weighted by molar-refractivity contribution is -0.142. The zero-order valence-electron chi connectivity index (χ0n) is 31.5. The first-order chi connectivity index (χ1) is 25.4. The van der Waals surface area contributed by atoms with Crippen molar-refractivity contribution in [3.8, 4) is 0 Å². The number of hydrogen-bond acceptors (Lipinski definition) is 9. The lowest BCUT2D eigenvalue weighted by Gasteiger charge is -2.38. The number of alkyl carbamates (subject to hydrolysis) is 1. The van der Waals surface area contributed by atoms with Crippen molar-refractivity contribution in [1.82, 2.24) is 10.2 Å². The van der Waals surface area contributed by atoms with E-state index in [4.69, 9.17) is 23.4 Å². The Balaban J connectivity index is 1.12. The molecule has 4 atom stereocenters. The van der Waals surface area contributed by atoms with Gasteiger partial charge >= 0.3 is 12.1 Å². The molecule has 1 aromatic carbocycles. The summed E-state index contributed by atoms with van der Waals surface area (Å²) in [5.74, 6) is -0.867. The number of esters is 1. The molecule has 0 spiro atoms. The molecule has 2 saturated heterocycles. The topological polar surface area (TPSA) is 146 Å². The number of amides is 3. The Morgan fingerprint density at radius 2 is 1.74 bits per heavy atom. The van der Waals surface area contributed by atoms with Crippen LogP contribution in [-0.2, 0) is 28.5 Å². The van der Waals surface area contributed by atoms with Crippen LogP contribution in [0.4, 0.5) is 14.9 Å². The number of methoxy groups -OCH3 is 1. The molecule has 12 nitrogen and oxygen atoms in total. The molecule has 4 fully saturated rings. The number of hydrogen-bond donors (Lipinski definition) is 2. The van der Waals surface area contributed by atoms with Crippen molar-refractivity contribution < 1.29 is 46.9 Å². The molecule has 2 aromatic rings. The van der Waals surface area contributed by atoms with Gasteiger partial charge in [0.05, 0.1) is 18.2 Å². The van der Waals surface area contributed by atoms with Gasteiger partial charge in [-0.1, -0.05) is 0 Å². The summed E-state index contributed by atoms with van der Waals surface area (Å²) in [6.45, 7) is 5.91. The van der Waals surface area contributed by atoms with Gasteiger partial charge in [0.1, 0.15) is 30.5 Å². The summed E-state index contributed by atoms with van der Waals surface area (Å²) in [6.07, 6.45) is 8.02. The molecule has 3 amide bonds. The third kappa shape index (κ3) is 9.70. The van der Waals surface area contributed by atoms with Crippen molar-refractivity contribution in [2.45, 2.75) is 121 Å². The predicted molar refractivity (Wildman–Crippen MR) is 195 cm³/mol. The van der Waals surface area contributed by atoms with E-state index in [1.165, 1.54) is 0 Å². The molecule has 6 rings (SSSR count). The van der Waals surface area contributed by atoms with Gasteiger partial charge in [0.2, 0.25) is 17.6 Å². The third-order valence-corrected chi connectivity index (χ3v) is 11.6. The van der Waals surface area contributed by atoms with E-state index in [2.05, 4.69) is 10.6 Å². The second-order valence-corrected chi connectivity index (χ2v) is 16.3. The van der Waals surface area contributed by atoms with Crippen molar-refractivity contribution >= 4 is 40.5 Å². The molecule has 1 aromatic heterocycles. The van der Waals surface area contributed by atoms with E-state index in [0.717, 1.165) is 44.9 Å². The van der Waals surface area contributed by atoms with Gasteiger partial charge in [-0.15, -0.1) is 0 Å². The maximum Gasteiger partial charge on any atom is 0.407 e. The minimum atomic E-state index is -0.713. The summed E-state index contributed by atoms with van der Waals surface area (Å²) in [7, 11) is 1.74. The lowest BCUT2D eigenvalue weighted by atomic mass is 9.75. The first kappa shape index (κ1) is 39.0. The summed E-state index contributed by atoms with van der Waals surface area (Å²) >= 11 is 0. The highest BCUT2D eigenvalue weighted by atomic mass is 19.1. The second-order valence-electron chi connectivity index (χ2n) is 16.3. The van der Waals surface area contributed by atoms with Crippen molar-refractivity contribution in [2.75, 3.05) is 38.9 Å². The number of likely N-dealkylation sites (tertiary alicyclic amines) is 1. The first-order valence-electron chi connectivity index (χ1n) is 19.4. The minimum absolute atomic E-state index is 0.00455. The van der Waals surface area contributed by atoms with Crippen molar-refractivity contribution in [3.05, 3.63) is 30.0 Å². The highest BCUT2D eigenvalue weighted by Crippen LogP contribution is 2.42. The van der Waals surface area contributed by atoms with Crippen LogP contribution in [-0.4, -0.2) is 92.2 Å². The van der Waals surface area contributed by atoms with E-state index in [1.807, 2.05) is 0 Å². The molecule has 13 heteroatoms. The van der Waals surface area contributed by atoms with Crippen LogP contribution in [0.15, 0.2) is 28.7 Å². The number of furan rings is 1. The molecule has 53 heavy (non-hydrogen) atoms. The van der Waals surface area contributed by atoms with Gasteiger partial charge in [0.25, 0.3) is 0 Å². The number of nitrogens with zero attached hydrogens (tertiary/aromatic N) is 1. The molecule has 4 aliphatic rings. The quantitative estimate of drug-likeness (QED) is 0.238. The van der Waals surface area contributed by atoms with E-state index in [0.29, 0.717) is 55.5 Å². The van der Waals surface area contributed by atoms with E-state index in [9.17, 15) is 23.6 Å². The molecule has 0 radical (unpaired) electrons. The molecule has 292 valence electrons. The first-order valence-corrected chi connectivity index (χ1v) is 19.4. The third-order valence-electron chi connectivity index (χ3n) is 11.6. The number of rotatable bonds is 11. The fourth-order valence-corrected chi connectivity index (χ4v) is 8.84. The average Bonchev–Trinajstić information content (AvgIpc) is 3.92. The standard InChI is InChI=1S/C40H56FN3O9/c1-40(2,3)53-39(48)43-32(22-41)25-7-9-26(10-8-25)37(46)44-18-17-31(24-11-14-29(49-4)15-12-24)35(44)36(45)42-28-13-16-33-27(20-28)21-34(52-33)38(47)51-23-30-6-5-19-50-30/h13,16,20-21,24-26,29-32,35H,5-12,14-15,17-19,22-23H2,1-4H3,(H,42,45)(H,43,48)/t24?,25?,26?,29?,30?,31-,32+,35+/m0/s1. The van der Waals surface area contributed by atoms with E-state index >= 15 is 0 Å². The van der Waals surface area contributed by atoms with Crippen LogP contribution in [0, 0.1) is 23.7 Å². The summed E-state index contributed by atoms with van der Waals surface area (Å²) < 4.78 is 41.8. The van der Waals surface area contributed by atoms with Crippen LogP contribution in [0.2, 0.25) is 0 Å². The number of anilines is 1. The van der Waals surface area contributed by atoms with Crippen LogP contribution >= 0.6 is 0 Å². The summed E-state index contributed by atoms with van der Waals surface area (Å²) in [4.78, 5) is 55.4. The fraction of sp³-hybridized carbons (Fsp3) is 0.700. The molecule has 2 aliphatic carbocycles. The summed E-state index contributed by atoms with van der Waals surface area (Å²) in [6, 6.07) is 5.50. The zero-order valence-corrected chi connectivity index (χ0v) is 31.5. The predicted octanol–water partition coefficient (Wildman–Crippen LogP) is 6.80. The number of ether oxygens (including phenoxy) is 4. The Labute approximate surface area is 311 Å². The van der Waals surface area contributed by atoms with Crippen LogP contribution in [0.25, 0.3) is 11.0 Å². The molecular formula is C40H56FN3O9. The zero-order chi connectivity index (χ0) is 37.7. The van der Waals surface area contributed by atoms with Gasteiger partial charge < -0.3 is 38.9 Å².